The molecule has 5 heteroatoms. The van der Waals surface area contributed by atoms with Crippen LogP contribution in [0.4, 0.5) is 0 Å². The van der Waals surface area contributed by atoms with Crippen LogP contribution in [0.1, 0.15) is 41.0 Å². The molecule has 4 aromatic carbocycles. The van der Waals surface area contributed by atoms with E-state index < -0.39 is 11.5 Å². The zero-order valence-corrected chi connectivity index (χ0v) is 20.9. The summed E-state index contributed by atoms with van der Waals surface area (Å²) in [5.41, 5.74) is 1.34. The zero-order chi connectivity index (χ0) is 24.8. The molecule has 0 radical (unpaired) electrons. The van der Waals surface area contributed by atoms with Gasteiger partial charge in [-0.3, -0.25) is 4.79 Å². The van der Waals surface area contributed by atoms with Gasteiger partial charge in [-0.05, 0) is 52.4 Å². The number of aliphatic hydroxyl groups is 1. The van der Waals surface area contributed by atoms with Gasteiger partial charge in [-0.25, -0.2) is 0 Å². The van der Waals surface area contributed by atoms with E-state index >= 15 is 0 Å². The number of carbonyl (C=O) groups is 1. The molecular weight excluding hydrogens is 477 g/mol. The molecule has 1 amide bonds. The van der Waals surface area contributed by atoms with E-state index in [1.165, 1.54) is 0 Å². The predicted molar refractivity (Wildman–Crippen MR) is 143 cm³/mol. The lowest BCUT2D eigenvalue weighted by Gasteiger charge is -2.31. The summed E-state index contributed by atoms with van der Waals surface area (Å²) in [6, 6.07) is 33.4. The Labute approximate surface area is 216 Å². The van der Waals surface area contributed by atoms with Crippen molar-refractivity contribution in [3.05, 3.63) is 141 Å². The Kier molecular flexibility index (Phi) is 7.92. The van der Waals surface area contributed by atoms with Crippen LogP contribution in [0.2, 0.25) is 10.0 Å². The van der Waals surface area contributed by atoms with Gasteiger partial charge in [-0.15, -0.1) is 0 Å². The van der Waals surface area contributed by atoms with Crippen molar-refractivity contribution in [3.63, 3.8) is 0 Å². The van der Waals surface area contributed by atoms with Gasteiger partial charge in [0.05, 0.1) is 0 Å². The molecule has 0 bridgehead atoms. The summed E-state index contributed by atoms with van der Waals surface area (Å²) >= 11 is 12.2. The molecule has 0 aromatic heterocycles. The largest absolute Gasteiger partial charge is 0.372 e. The molecular formula is C30H27Cl2NO2. The maximum absolute atomic E-state index is 13.7. The third-order valence-electron chi connectivity index (χ3n) is 6.49. The fourth-order valence-corrected chi connectivity index (χ4v) is 4.66. The molecule has 4 aromatic rings. The van der Waals surface area contributed by atoms with Crippen LogP contribution in [0, 0.1) is 0 Å². The average molecular weight is 504 g/mol. The summed E-state index contributed by atoms with van der Waals surface area (Å²) in [6.07, 6.45) is 0. The molecule has 0 aliphatic heterocycles. The number of rotatable bonds is 8. The van der Waals surface area contributed by atoms with Crippen molar-refractivity contribution in [3.8, 4) is 0 Å². The number of halogens is 2. The second-order valence-electron chi connectivity index (χ2n) is 8.65. The lowest BCUT2D eigenvalue weighted by molar-refractivity contribution is -0.136. The van der Waals surface area contributed by atoms with Gasteiger partial charge in [0.2, 0.25) is 0 Å². The van der Waals surface area contributed by atoms with Gasteiger partial charge in [0.15, 0.2) is 5.60 Å². The third-order valence-corrected chi connectivity index (χ3v) is 7.00. The Morgan fingerprint density at radius 2 is 1.17 bits per heavy atom. The van der Waals surface area contributed by atoms with Crippen molar-refractivity contribution < 1.29 is 9.90 Å². The van der Waals surface area contributed by atoms with Crippen LogP contribution < -0.4 is 5.32 Å². The highest BCUT2D eigenvalue weighted by Crippen LogP contribution is 2.35. The molecule has 0 aliphatic rings. The van der Waals surface area contributed by atoms with Crippen LogP contribution in [0.15, 0.2) is 109 Å². The summed E-state index contributed by atoms with van der Waals surface area (Å²) in [6.45, 7) is 2.45. The molecule has 0 aliphatic carbocycles. The van der Waals surface area contributed by atoms with Gasteiger partial charge in [0, 0.05) is 22.5 Å². The lowest BCUT2D eigenvalue weighted by atomic mass is 9.81. The van der Waals surface area contributed by atoms with Crippen LogP contribution in [-0.4, -0.2) is 17.6 Å². The van der Waals surface area contributed by atoms with Crippen LogP contribution in [-0.2, 0) is 10.4 Å². The van der Waals surface area contributed by atoms with Crippen LogP contribution in [0.3, 0.4) is 0 Å². The Bertz CT molecular complexity index is 1200. The van der Waals surface area contributed by atoms with E-state index in [1.807, 2.05) is 84.9 Å². The van der Waals surface area contributed by atoms with Gasteiger partial charge in [-0.1, -0.05) is 115 Å². The van der Waals surface area contributed by atoms with Crippen molar-refractivity contribution in [1.82, 2.24) is 5.32 Å². The van der Waals surface area contributed by atoms with Gasteiger partial charge in [-0.2, -0.15) is 0 Å². The minimum absolute atomic E-state index is 0.0619. The van der Waals surface area contributed by atoms with E-state index in [-0.39, 0.29) is 11.8 Å². The smallest absolute Gasteiger partial charge is 0.261 e. The first kappa shape index (κ1) is 25.0. The monoisotopic (exact) mass is 503 g/mol. The maximum atomic E-state index is 13.7. The normalized spacial score (nSPS) is 13.1. The zero-order valence-electron chi connectivity index (χ0n) is 19.4. The Hall–Kier alpha value is -3.11. The average Bonchev–Trinajstić information content (AvgIpc) is 2.90. The molecule has 0 spiro atoms. The number of nitrogens with one attached hydrogen (secondary N) is 1. The van der Waals surface area contributed by atoms with Gasteiger partial charge >= 0.3 is 0 Å². The fourth-order valence-electron chi connectivity index (χ4n) is 4.41. The standard InChI is InChI=1S/C30H27Cl2NO2/c1-21(22-12-16-26(31)17-13-22)28(23-14-18-27(32)19-15-23)20-33-29(34)30(35,24-8-4-2-5-9-24)25-10-6-3-7-11-25/h2-19,21,28,35H,20H2,1H3,(H,33,34). The lowest BCUT2D eigenvalue weighted by Crippen LogP contribution is -2.46. The first-order valence-electron chi connectivity index (χ1n) is 11.5. The minimum Gasteiger partial charge on any atom is -0.372 e. The molecule has 2 atom stereocenters. The summed E-state index contributed by atoms with van der Waals surface area (Å²) in [5.74, 6) is -0.472. The molecule has 178 valence electrons. The maximum Gasteiger partial charge on any atom is 0.261 e. The molecule has 0 fully saturated rings. The number of hydrogen-bond donors (Lipinski definition) is 2. The van der Waals surface area contributed by atoms with E-state index in [9.17, 15) is 9.90 Å². The van der Waals surface area contributed by atoms with Crippen molar-refractivity contribution in [1.29, 1.82) is 0 Å². The first-order valence-corrected chi connectivity index (χ1v) is 12.3. The van der Waals surface area contributed by atoms with E-state index in [0.29, 0.717) is 27.7 Å². The highest BCUT2D eigenvalue weighted by atomic mass is 35.5. The van der Waals surface area contributed by atoms with E-state index in [4.69, 9.17) is 23.2 Å². The molecule has 2 unspecified atom stereocenters. The van der Waals surface area contributed by atoms with Gasteiger partial charge in [0.1, 0.15) is 0 Å². The predicted octanol–water partition coefficient (Wildman–Crippen LogP) is 6.93. The molecule has 0 heterocycles. The fraction of sp³-hybridized carbons (Fsp3) is 0.167. The summed E-state index contributed by atoms with van der Waals surface area (Å²) in [7, 11) is 0. The topological polar surface area (TPSA) is 49.3 Å². The molecule has 35 heavy (non-hydrogen) atoms. The summed E-state index contributed by atoms with van der Waals surface area (Å²) < 4.78 is 0. The van der Waals surface area contributed by atoms with Crippen LogP contribution in [0.25, 0.3) is 0 Å². The van der Waals surface area contributed by atoms with Crippen LogP contribution in [0.5, 0.6) is 0 Å². The van der Waals surface area contributed by atoms with Gasteiger partial charge < -0.3 is 10.4 Å². The number of hydrogen-bond acceptors (Lipinski definition) is 2. The second kappa shape index (κ2) is 11.1. The van der Waals surface area contributed by atoms with Crippen molar-refractivity contribution in [2.45, 2.75) is 24.4 Å². The van der Waals surface area contributed by atoms with E-state index in [2.05, 4.69) is 12.2 Å². The van der Waals surface area contributed by atoms with Crippen LogP contribution >= 0.6 is 23.2 Å². The molecule has 0 saturated carbocycles. The SMILES string of the molecule is CC(c1ccc(Cl)cc1)C(CNC(=O)C(O)(c1ccccc1)c1ccccc1)c1ccc(Cl)cc1. The molecule has 4 rings (SSSR count). The minimum atomic E-state index is -1.82. The quantitative estimate of drug-likeness (QED) is 0.273. The third kappa shape index (κ3) is 5.59. The summed E-state index contributed by atoms with van der Waals surface area (Å²) in [4.78, 5) is 13.7. The number of benzene rings is 4. The highest BCUT2D eigenvalue weighted by Gasteiger charge is 2.40. The highest BCUT2D eigenvalue weighted by molar-refractivity contribution is 6.30. The van der Waals surface area contributed by atoms with Crippen molar-refractivity contribution in [2.75, 3.05) is 6.54 Å². The van der Waals surface area contributed by atoms with Crippen molar-refractivity contribution in [2.24, 2.45) is 0 Å². The summed E-state index contributed by atoms with van der Waals surface area (Å²) in [5, 5.41) is 16.2. The second-order valence-corrected chi connectivity index (χ2v) is 9.52. The molecule has 3 nitrogen and oxygen atoms in total. The Balaban J connectivity index is 1.65. The van der Waals surface area contributed by atoms with E-state index in [1.54, 1.807) is 24.3 Å². The molecule has 0 saturated heterocycles. The number of carbonyl (C=O) groups excluding carboxylic acids is 1. The van der Waals surface area contributed by atoms with E-state index in [0.717, 1.165) is 11.1 Å². The molecule has 2 N–H and O–H groups in total. The Morgan fingerprint density at radius 3 is 1.63 bits per heavy atom. The Morgan fingerprint density at radius 1 is 0.743 bits per heavy atom. The first-order chi connectivity index (χ1) is 16.9. The van der Waals surface area contributed by atoms with Gasteiger partial charge in [0.25, 0.3) is 5.91 Å². The number of amides is 1. The van der Waals surface area contributed by atoms with Crippen molar-refractivity contribution >= 4 is 29.1 Å².